The van der Waals surface area contributed by atoms with Gasteiger partial charge in [-0.15, -0.1) is 0 Å². The molecule has 8 heteroatoms. The lowest BCUT2D eigenvalue weighted by molar-refractivity contribution is 0.691. The average Bonchev–Trinajstić information content (AvgIpc) is 2.78. The topological polar surface area (TPSA) is 97.6 Å². The normalized spacial score (nSPS) is 11.0. The molecule has 0 aliphatic rings. The molecule has 0 aliphatic heterocycles. The third-order valence-electron chi connectivity index (χ3n) is 3.21. The van der Waals surface area contributed by atoms with E-state index >= 15 is 0 Å². The molecule has 112 valence electrons. The predicted octanol–water partition coefficient (Wildman–Crippen LogP) is 0.168. The van der Waals surface area contributed by atoms with Gasteiger partial charge >= 0.3 is 5.69 Å². The molecule has 0 atom stereocenters. The molecule has 0 unspecified atom stereocenters. The summed E-state index contributed by atoms with van der Waals surface area (Å²) in [5.74, 6) is 0.494. The van der Waals surface area contributed by atoms with Crippen molar-refractivity contribution < 1.29 is 0 Å². The van der Waals surface area contributed by atoms with E-state index in [-0.39, 0.29) is 12.5 Å². The summed E-state index contributed by atoms with van der Waals surface area (Å²) in [7, 11) is 3.01. The number of rotatable bonds is 4. The van der Waals surface area contributed by atoms with Crippen molar-refractivity contribution in [2.24, 2.45) is 14.1 Å². The van der Waals surface area contributed by atoms with Crippen molar-refractivity contribution in [1.82, 2.24) is 18.7 Å². The zero-order chi connectivity index (χ0) is 15.7. The van der Waals surface area contributed by atoms with E-state index in [1.54, 1.807) is 11.6 Å². The van der Waals surface area contributed by atoms with E-state index in [1.165, 1.54) is 11.6 Å². The summed E-state index contributed by atoms with van der Waals surface area (Å²) >= 11 is 0. The SMILES string of the molecule is CC(C)Nc1nc2c(c(=O)n(C)c(=O)n2C)n1CCC#N. The molecule has 0 saturated heterocycles. The van der Waals surface area contributed by atoms with Crippen molar-refractivity contribution in [3.8, 4) is 6.07 Å². The minimum atomic E-state index is -0.423. The Bertz CT molecular complexity index is 833. The Hall–Kier alpha value is -2.56. The summed E-state index contributed by atoms with van der Waals surface area (Å²) in [5, 5.41) is 11.9. The highest BCUT2D eigenvalue weighted by atomic mass is 16.2. The Morgan fingerprint density at radius 2 is 1.95 bits per heavy atom. The molecule has 0 aromatic carbocycles. The van der Waals surface area contributed by atoms with Gasteiger partial charge in [0, 0.05) is 26.7 Å². The van der Waals surface area contributed by atoms with Gasteiger partial charge in [-0.05, 0) is 13.8 Å². The molecule has 2 aromatic heterocycles. The maximum absolute atomic E-state index is 12.4. The molecule has 0 amide bonds. The number of hydrogen-bond donors (Lipinski definition) is 1. The largest absolute Gasteiger partial charge is 0.353 e. The Labute approximate surface area is 121 Å². The molecular weight excluding hydrogens is 272 g/mol. The van der Waals surface area contributed by atoms with Crippen LogP contribution in [0.3, 0.4) is 0 Å². The van der Waals surface area contributed by atoms with Crippen LogP contribution in [0.1, 0.15) is 20.3 Å². The summed E-state index contributed by atoms with van der Waals surface area (Å²) in [6.45, 7) is 4.24. The highest BCUT2D eigenvalue weighted by Crippen LogP contribution is 2.16. The van der Waals surface area contributed by atoms with Gasteiger partial charge in [0.05, 0.1) is 12.5 Å². The van der Waals surface area contributed by atoms with Crippen LogP contribution in [0.5, 0.6) is 0 Å². The summed E-state index contributed by atoms with van der Waals surface area (Å²) in [5.41, 5.74) is -0.175. The Morgan fingerprint density at radius 1 is 1.29 bits per heavy atom. The number of nitrogens with zero attached hydrogens (tertiary/aromatic N) is 5. The molecule has 0 fully saturated rings. The molecule has 21 heavy (non-hydrogen) atoms. The van der Waals surface area contributed by atoms with Crippen LogP contribution >= 0.6 is 0 Å². The van der Waals surface area contributed by atoms with Crippen molar-refractivity contribution in [3.63, 3.8) is 0 Å². The van der Waals surface area contributed by atoms with Crippen molar-refractivity contribution >= 4 is 17.1 Å². The number of nitriles is 1. The second kappa shape index (κ2) is 5.44. The lowest BCUT2D eigenvalue weighted by Gasteiger charge is -2.11. The first-order chi connectivity index (χ1) is 9.88. The van der Waals surface area contributed by atoms with Gasteiger partial charge in [0.1, 0.15) is 0 Å². The maximum atomic E-state index is 12.4. The summed E-state index contributed by atoms with van der Waals surface area (Å²) in [6, 6.07) is 2.17. The first kappa shape index (κ1) is 14.8. The quantitative estimate of drug-likeness (QED) is 0.865. The number of imidazole rings is 1. The second-order valence-electron chi connectivity index (χ2n) is 5.17. The molecule has 2 aromatic rings. The molecule has 2 heterocycles. The van der Waals surface area contributed by atoms with Gasteiger partial charge < -0.3 is 9.88 Å². The predicted molar refractivity (Wildman–Crippen MR) is 79.2 cm³/mol. The monoisotopic (exact) mass is 290 g/mol. The molecular formula is C13H18N6O2. The van der Waals surface area contributed by atoms with Crippen LogP contribution in [-0.2, 0) is 20.6 Å². The molecule has 8 nitrogen and oxygen atoms in total. The first-order valence-electron chi connectivity index (χ1n) is 6.68. The van der Waals surface area contributed by atoms with Gasteiger partial charge in [0.15, 0.2) is 11.2 Å². The number of hydrogen-bond acceptors (Lipinski definition) is 5. The fourth-order valence-corrected chi connectivity index (χ4v) is 2.19. The molecule has 1 N–H and O–H groups in total. The van der Waals surface area contributed by atoms with Gasteiger partial charge in [-0.1, -0.05) is 0 Å². The molecule has 0 radical (unpaired) electrons. The Balaban J connectivity index is 2.84. The lowest BCUT2D eigenvalue weighted by atomic mass is 10.4. The third kappa shape index (κ3) is 2.42. The van der Waals surface area contributed by atoms with Crippen molar-refractivity contribution in [2.45, 2.75) is 32.9 Å². The zero-order valence-electron chi connectivity index (χ0n) is 12.5. The minimum absolute atomic E-state index is 0.114. The average molecular weight is 290 g/mol. The summed E-state index contributed by atoms with van der Waals surface area (Å²) < 4.78 is 4.05. The van der Waals surface area contributed by atoms with E-state index in [0.29, 0.717) is 23.7 Å². The van der Waals surface area contributed by atoms with Crippen LogP contribution in [-0.4, -0.2) is 24.7 Å². The van der Waals surface area contributed by atoms with Crippen LogP contribution in [0.15, 0.2) is 9.59 Å². The smallest absolute Gasteiger partial charge is 0.332 e. The fraction of sp³-hybridized carbons (Fsp3) is 0.538. The van der Waals surface area contributed by atoms with E-state index in [2.05, 4.69) is 16.4 Å². The van der Waals surface area contributed by atoms with Crippen LogP contribution in [0.2, 0.25) is 0 Å². The number of anilines is 1. The molecule has 0 aliphatic carbocycles. The first-order valence-corrected chi connectivity index (χ1v) is 6.68. The Morgan fingerprint density at radius 3 is 2.52 bits per heavy atom. The van der Waals surface area contributed by atoms with E-state index in [0.717, 1.165) is 4.57 Å². The molecule has 0 spiro atoms. The van der Waals surface area contributed by atoms with Crippen LogP contribution in [0.25, 0.3) is 11.2 Å². The van der Waals surface area contributed by atoms with E-state index in [9.17, 15) is 9.59 Å². The number of fused-ring (bicyclic) bond motifs is 1. The highest BCUT2D eigenvalue weighted by molar-refractivity contribution is 5.74. The number of aryl methyl sites for hydroxylation is 2. The van der Waals surface area contributed by atoms with Gasteiger partial charge in [0.25, 0.3) is 5.56 Å². The van der Waals surface area contributed by atoms with Gasteiger partial charge in [-0.25, -0.2) is 4.79 Å². The Kier molecular flexibility index (Phi) is 3.84. The van der Waals surface area contributed by atoms with Gasteiger partial charge in [-0.3, -0.25) is 13.9 Å². The van der Waals surface area contributed by atoms with Crippen molar-refractivity contribution in [3.05, 3.63) is 20.8 Å². The van der Waals surface area contributed by atoms with Gasteiger partial charge in [-0.2, -0.15) is 10.2 Å². The summed E-state index contributed by atoms with van der Waals surface area (Å²) in [4.78, 5) is 28.7. The highest BCUT2D eigenvalue weighted by Gasteiger charge is 2.19. The van der Waals surface area contributed by atoms with Crippen LogP contribution < -0.4 is 16.6 Å². The number of nitrogens with one attached hydrogen (secondary N) is 1. The van der Waals surface area contributed by atoms with E-state index in [1.807, 2.05) is 13.8 Å². The number of aromatic nitrogens is 4. The summed E-state index contributed by atoms with van der Waals surface area (Å²) in [6.07, 6.45) is 0.254. The van der Waals surface area contributed by atoms with Crippen molar-refractivity contribution in [2.75, 3.05) is 5.32 Å². The van der Waals surface area contributed by atoms with Crippen LogP contribution in [0, 0.1) is 11.3 Å². The second-order valence-corrected chi connectivity index (χ2v) is 5.17. The third-order valence-corrected chi connectivity index (χ3v) is 3.21. The minimum Gasteiger partial charge on any atom is -0.353 e. The maximum Gasteiger partial charge on any atom is 0.332 e. The fourth-order valence-electron chi connectivity index (χ4n) is 2.19. The molecule has 0 saturated carbocycles. The molecule has 0 bridgehead atoms. The molecule has 2 rings (SSSR count). The van der Waals surface area contributed by atoms with Crippen molar-refractivity contribution in [1.29, 1.82) is 5.26 Å². The zero-order valence-corrected chi connectivity index (χ0v) is 12.5. The lowest BCUT2D eigenvalue weighted by Crippen LogP contribution is -2.37. The van der Waals surface area contributed by atoms with E-state index in [4.69, 9.17) is 5.26 Å². The standard InChI is InChI=1S/C13H18N6O2/c1-8(2)15-12-16-10-9(19(12)7-5-6-14)11(20)18(4)13(21)17(10)3/h8H,5,7H2,1-4H3,(H,15,16). The van der Waals surface area contributed by atoms with Gasteiger partial charge in [0.2, 0.25) is 5.95 Å². The van der Waals surface area contributed by atoms with E-state index < -0.39 is 11.2 Å². The van der Waals surface area contributed by atoms with Crippen LogP contribution in [0.4, 0.5) is 5.95 Å².